The summed E-state index contributed by atoms with van der Waals surface area (Å²) >= 11 is 0. The highest BCUT2D eigenvalue weighted by atomic mass is 16.5. The molecular weight excluding hydrogens is 334 g/mol. The summed E-state index contributed by atoms with van der Waals surface area (Å²) < 4.78 is 5.94. The first-order chi connectivity index (χ1) is 13.3. The second-order valence-corrected chi connectivity index (χ2v) is 7.38. The Hall–Kier alpha value is -2.07. The fourth-order valence-electron chi connectivity index (χ4n) is 3.70. The van der Waals surface area contributed by atoms with Crippen LogP contribution in [-0.4, -0.2) is 42.7 Å². The number of likely N-dealkylation sites (tertiary alicyclic amines) is 1. The highest BCUT2D eigenvalue weighted by Crippen LogP contribution is 2.19. The van der Waals surface area contributed by atoms with Crippen molar-refractivity contribution in [3.05, 3.63) is 54.4 Å². The van der Waals surface area contributed by atoms with Crippen LogP contribution < -0.4 is 9.64 Å². The van der Waals surface area contributed by atoms with Crippen molar-refractivity contribution in [1.29, 1.82) is 0 Å². The van der Waals surface area contributed by atoms with E-state index < -0.39 is 0 Å². The predicted molar refractivity (Wildman–Crippen MR) is 112 cm³/mol. The third-order valence-electron chi connectivity index (χ3n) is 5.15. The quantitative estimate of drug-likeness (QED) is 0.567. The maximum Gasteiger partial charge on any atom is 0.119 e. The van der Waals surface area contributed by atoms with E-state index in [-0.39, 0.29) is 0 Å². The maximum atomic E-state index is 5.94. The number of pyridine rings is 1. The van der Waals surface area contributed by atoms with E-state index in [0.717, 1.165) is 44.8 Å². The van der Waals surface area contributed by atoms with Gasteiger partial charge in [-0.3, -0.25) is 4.98 Å². The number of hydrogen-bond donors (Lipinski definition) is 0. The van der Waals surface area contributed by atoms with Gasteiger partial charge in [-0.1, -0.05) is 25.5 Å². The van der Waals surface area contributed by atoms with E-state index in [1.807, 2.05) is 12.4 Å². The molecule has 0 N–H and O–H groups in total. The first-order valence-corrected chi connectivity index (χ1v) is 10.4. The van der Waals surface area contributed by atoms with Gasteiger partial charge >= 0.3 is 0 Å². The lowest BCUT2D eigenvalue weighted by atomic mass is 10.1. The summed E-state index contributed by atoms with van der Waals surface area (Å²) in [5.41, 5.74) is 2.53. The van der Waals surface area contributed by atoms with Crippen LogP contribution in [0.15, 0.2) is 48.8 Å². The number of ether oxygens (including phenoxy) is 1. The number of piperidine rings is 1. The van der Waals surface area contributed by atoms with Crippen molar-refractivity contribution in [2.45, 2.75) is 45.6 Å². The van der Waals surface area contributed by atoms with Gasteiger partial charge in [0.15, 0.2) is 0 Å². The molecule has 146 valence electrons. The Kier molecular flexibility index (Phi) is 7.97. The van der Waals surface area contributed by atoms with E-state index in [1.54, 1.807) is 0 Å². The predicted octanol–water partition coefficient (Wildman–Crippen LogP) is 4.75. The van der Waals surface area contributed by atoms with Crippen molar-refractivity contribution in [3.63, 3.8) is 0 Å². The Morgan fingerprint density at radius 1 is 1.00 bits per heavy atom. The highest BCUT2D eigenvalue weighted by Gasteiger charge is 2.09. The number of hydrogen-bond acceptors (Lipinski definition) is 4. The van der Waals surface area contributed by atoms with Crippen molar-refractivity contribution >= 4 is 5.69 Å². The van der Waals surface area contributed by atoms with Gasteiger partial charge in [0, 0.05) is 37.7 Å². The molecule has 0 radical (unpaired) electrons. The molecular formula is C23H33N3O. The van der Waals surface area contributed by atoms with Crippen molar-refractivity contribution in [1.82, 2.24) is 9.88 Å². The Morgan fingerprint density at radius 3 is 2.44 bits per heavy atom. The van der Waals surface area contributed by atoms with Crippen LogP contribution in [0.4, 0.5) is 5.69 Å². The lowest BCUT2D eigenvalue weighted by molar-refractivity contribution is 0.205. The van der Waals surface area contributed by atoms with Gasteiger partial charge in [0.05, 0.1) is 6.61 Å². The summed E-state index contributed by atoms with van der Waals surface area (Å²) in [4.78, 5) is 9.09. The minimum Gasteiger partial charge on any atom is -0.494 e. The van der Waals surface area contributed by atoms with Crippen LogP contribution in [0.2, 0.25) is 0 Å². The monoisotopic (exact) mass is 367 g/mol. The Morgan fingerprint density at radius 2 is 1.74 bits per heavy atom. The molecule has 0 spiro atoms. The largest absolute Gasteiger partial charge is 0.494 e. The maximum absolute atomic E-state index is 5.94. The minimum absolute atomic E-state index is 0.800. The van der Waals surface area contributed by atoms with Crippen LogP contribution >= 0.6 is 0 Å². The van der Waals surface area contributed by atoms with E-state index in [0.29, 0.717) is 0 Å². The van der Waals surface area contributed by atoms with E-state index in [2.05, 4.69) is 58.1 Å². The van der Waals surface area contributed by atoms with Crippen LogP contribution in [0.5, 0.6) is 5.75 Å². The molecule has 1 aliphatic heterocycles. The Bertz CT molecular complexity index is 638. The molecule has 1 aromatic heterocycles. The van der Waals surface area contributed by atoms with Crippen molar-refractivity contribution in [3.8, 4) is 5.75 Å². The van der Waals surface area contributed by atoms with Crippen LogP contribution in [0, 0.1) is 0 Å². The van der Waals surface area contributed by atoms with Gasteiger partial charge in [-0.2, -0.15) is 0 Å². The third kappa shape index (κ3) is 6.55. The molecule has 4 nitrogen and oxygen atoms in total. The molecule has 0 atom stereocenters. The SMILES string of the molecule is CCCN(Cc1ccc(OCCCN2CCCCC2)cc1)c1ccncc1. The molecule has 0 aliphatic carbocycles. The molecule has 4 heteroatoms. The molecule has 0 bridgehead atoms. The van der Waals surface area contributed by atoms with Gasteiger partial charge in [-0.15, -0.1) is 0 Å². The van der Waals surface area contributed by atoms with Gasteiger partial charge in [-0.25, -0.2) is 0 Å². The number of rotatable bonds is 10. The van der Waals surface area contributed by atoms with Crippen LogP contribution in [0.1, 0.15) is 44.6 Å². The first kappa shape index (κ1) is 19.7. The van der Waals surface area contributed by atoms with E-state index >= 15 is 0 Å². The number of anilines is 1. The molecule has 1 saturated heterocycles. The molecule has 3 rings (SSSR count). The molecule has 1 aliphatic rings. The zero-order valence-electron chi connectivity index (χ0n) is 16.6. The van der Waals surface area contributed by atoms with Gasteiger partial charge in [0.1, 0.15) is 5.75 Å². The van der Waals surface area contributed by atoms with Crippen molar-refractivity contribution in [2.24, 2.45) is 0 Å². The average molecular weight is 368 g/mol. The fourth-order valence-corrected chi connectivity index (χ4v) is 3.70. The summed E-state index contributed by atoms with van der Waals surface area (Å²) in [6.07, 6.45) is 10.1. The lowest BCUT2D eigenvalue weighted by Gasteiger charge is -2.26. The van der Waals surface area contributed by atoms with E-state index in [9.17, 15) is 0 Å². The Labute approximate surface area is 164 Å². The number of nitrogens with zero attached hydrogens (tertiary/aromatic N) is 3. The smallest absolute Gasteiger partial charge is 0.119 e. The number of aromatic nitrogens is 1. The van der Waals surface area contributed by atoms with Gasteiger partial charge in [0.2, 0.25) is 0 Å². The van der Waals surface area contributed by atoms with Crippen molar-refractivity contribution in [2.75, 3.05) is 37.7 Å². The zero-order valence-corrected chi connectivity index (χ0v) is 16.6. The van der Waals surface area contributed by atoms with Gasteiger partial charge < -0.3 is 14.5 Å². The summed E-state index contributed by atoms with van der Waals surface area (Å²) in [6.45, 7) is 8.66. The molecule has 1 fully saturated rings. The Balaban J connectivity index is 1.44. The normalized spacial score (nSPS) is 14.9. The summed E-state index contributed by atoms with van der Waals surface area (Å²) in [5.74, 6) is 0.975. The highest BCUT2D eigenvalue weighted by molar-refractivity contribution is 5.45. The standard InChI is InChI=1S/C23H33N3O/c1-2-15-26(22-11-13-24-14-12-22)20-21-7-9-23(10-8-21)27-19-6-18-25-16-4-3-5-17-25/h7-14H,2-6,15-20H2,1H3. The summed E-state index contributed by atoms with van der Waals surface area (Å²) in [6, 6.07) is 12.7. The van der Waals surface area contributed by atoms with Crippen molar-refractivity contribution < 1.29 is 4.74 Å². The van der Waals surface area contributed by atoms with Crippen LogP contribution in [0.3, 0.4) is 0 Å². The average Bonchev–Trinajstić information content (AvgIpc) is 2.73. The summed E-state index contributed by atoms with van der Waals surface area (Å²) in [5, 5.41) is 0. The molecule has 1 aromatic carbocycles. The van der Waals surface area contributed by atoms with Crippen LogP contribution in [0.25, 0.3) is 0 Å². The second-order valence-electron chi connectivity index (χ2n) is 7.38. The van der Waals surface area contributed by atoms with Crippen LogP contribution in [-0.2, 0) is 6.54 Å². The second kappa shape index (κ2) is 10.9. The van der Waals surface area contributed by atoms with E-state index in [4.69, 9.17) is 4.74 Å². The third-order valence-corrected chi connectivity index (χ3v) is 5.15. The molecule has 0 unspecified atom stereocenters. The van der Waals surface area contributed by atoms with Gasteiger partial charge in [-0.05, 0) is 68.6 Å². The van der Waals surface area contributed by atoms with Gasteiger partial charge in [0.25, 0.3) is 0 Å². The molecule has 0 saturated carbocycles. The number of benzene rings is 1. The van der Waals surface area contributed by atoms with E-state index in [1.165, 1.54) is 43.6 Å². The fraction of sp³-hybridized carbons (Fsp3) is 0.522. The first-order valence-electron chi connectivity index (χ1n) is 10.4. The molecule has 2 heterocycles. The summed E-state index contributed by atoms with van der Waals surface area (Å²) in [7, 11) is 0. The molecule has 27 heavy (non-hydrogen) atoms. The lowest BCUT2D eigenvalue weighted by Crippen LogP contribution is -2.31. The topological polar surface area (TPSA) is 28.6 Å². The molecule has 0 amide bonds. The molecule has 2 aromatic rings. The zero-order chi connectivity index (χ0) is 18.7. The minimum atomic E-state index is 0.800.